The van der Waals surface area contributed by atoms with Crippen LogP contribution in [0.3, 0.4) is 0 Å². The van der Waals surface area contributed by atoms with E-state index in [2.05, 4.69) is 44.2 Å². The van der Waals surface area contributed by atoms with E-state index in [0.717, 1.165) is 57.8 Å². The number of aliphatic hydroxyl groups excluding tert-OH is 2. The molecule has 0 aromatic carbocycles. The fourth-order valence-electron chi connectivity index (χ4n) is 6.72. The minimum Gasteiger partial charge on any atom is -0.462 e. The van der Waals surface area contributed by atoms with Gasteiger partial charge < -0.3 is 30.3 Å². The smallest absolute Gasteiger partial charge is 0.462 e. The van der Waals surface area contributed by atoms with Gasteiger partial charge in [0.05, 0.1) is 25.4 Å². The number of aliphatic hydroxyl groups is 2. The van der Waals surface area contributed by atoms with Gasteiger partial charge in [0, 0.05) is 37.6 Å². The average Bonchev–Trinajstić information content (AvgIpc) is 3.47. The van der Waals surface area contributed by atoms with Crippen LogP contribution in [0, 0.1) is 11.8 Å². The van der Waals surface area contributed by atoms with Gasteiger partial charge in [-0.15, -0.1) is 0 Å². The van der Waals surface area contributed by atoms with E-state index in [1.807, 2.05) is 12.2 Å². The molecular weight excluding hydrogens is 761 g/mol. The zero-order valence-electron chi connectivity index (χ0n) is 35.7. The highest BCUT2D eigenvalue weighted by Gasteiger charge is 2.39. The van der Waals surface area contributed by atoms with Crippen LogP contribution >= 0.6 is 7.82 Å². The third-order valence-corrected chi connectivity index (χ3v) is 11.1. The van der Waals surface area contributed by atoms with Gasteiger partial charge in [0.15, 0.2) is 6.10 Å². The summed E-state index contributed by atoms with van der Waals surface area (Å²) in [5.41, 5.74) is 5.34. The minimum atomic E-state index is -4.45. The second-order valence-electron chi connectivity index (χ2n) is 15.3. The quantitative estimate of drug-likeness (QED) is 0.0201. The number of carbonyl (C=O) groups excluding carboxylic acids is 3. The lowest BCUT2D eigenvalue weighted by Gasteiger charge is -2.20. The Balaban J connectivity index is 2.40. The van der Waals surface area contributed by atoms with Crippen molar-refractivity contribution < 1.29 is 52.6 Å². The van der Waals surface area contributed by atoms with Gasteiger partial charge in [-0.05, 0) is 57.8 Å². The summed E-state index contributed by atoms with van der Waals surface area (Å²) in [5.74, 6) is -1.59. The molecular formula is C45H78NO11P. The molecule has 6 atom stereocenters. The number of ketones is 1. The normalized spacial score (nSPS) is 19.5. The van der Waals surface area contributed by atoms with Gasteiger partial charge in [0.25, 0.3) is 0 Å². The van der Waals surface area contributed by atoms with Crippen molar-refractivity contribution in [2.45, 2.75) is 180 Å². The molecule has 0 saturated heterocycles. The summed E-state index contributed by atoms with van der Waals surface area (Å²) in [7, 11) is -4.45. The molecule has 1 rings (SSSR count). The summed E-state index contributed by atoms with van der Waals surface area (Å²) in [4.78, 5) is 47.6. The van der Waals surface area contributed by atoms with Crippen molar-refractivity contribution in [2.75, 3.05) is 26.4 Å². The molecule has 1 saturated carbocycles. The van der Waals surface area contributed by atoms with E-state index in [4.69, 9.17) is 24.3 Å². The Labute approximate surface area is 349 Å². The van der Waals surface area contributed by atoms with Gasteiger partial charge in [-0.2, -0.15) is 0 Å². The van der Waals surface area contributed by atoms with Crippen LogP contribution in [0.15, 0.2) is 48.6 Å². The predicted octanol–water partition coefficient (Wildman–Crippen LogP) is 9.31. The number of ether oxygens (including phenoxy) is 2. The van der Waals surface area contributed by atoms with Gasteiger partial charge in [-0.25, -0.2) is 4.57 Å². The number of esters is 2. The van der Waals surface area contributed by atoms with Crippen molar-refractivity contribution in [3.63, 3.8) is 0 Å². The Morgan fingerprint density at radius 2 is 1.40 bits per heavy atom. The van der Waals surface area contributed by atoms with E-state index in [1.165, 1.54) is 38.5 Å². The molecule has 0 radical (unpaired) electrons. The van der Waals surface area contributed by atoms with Crippen LogP contribution in [0.2, 0.25) is 0 Å². The molecule has 1 aliphatic carbocycles. The molecule has 13 heteroatoms. The van der Waals surface area contributed by atoms with Crippen LogP contribution in [0.4, 0.5) is 0 Å². The Kier molecular flexibility index (Phi) is 32.6. The Hall–Kier alpha value is -2.44. The van der Waals surface area contributed by atoms with E-state index in [0.29, 0.717) is 32.1 Å². The number of phosphoric ester groups is 1. The number of allylic oxidation sites excluding steroid dienone is 6. The second-order valence-corrected chi connectivity index (χ2v) is 16.8. The number of nitrogens with two attached hydrogens (primary N) is 1. The monoisotopic (exact) mass is 840 g/mol. The summed E-state index contributed by atoms with van der Waals surface area (Å²) in [6.45, 7) is 3.28. The number of rotatable bonds is 37. The molecule has 0 aromatic heterocycles. The first-order valence-electron chi connectivity index (χ1n) is 22.2. The molecule has 0 aromatic rings. The fourth-order valence-corrected chi connectivity index (χ4v) is 7.49. The number of hydrogen-bond acceptors (Lipinski definition) is 11. The molecule has 0 bridgehead atoms. The number of phosphoric acid groups is 1. The molecule has 0 aliphatic heterocycles. The molecule has 12 nitrogen and oxygen atoms in total. The van der Waals surface area contributed by atoms with Gasteiger partial charge in [-0.3, -0.25) is 23.4 Å². The number of Topliss-reactive ketones (excluding diaryl/α,β-unsaturated/α-hetero) is 1. The molecule has 0 amide bonds. The summed E-state index contributed by atoms with van der Waals surface area (Å²) in [6.07, 6.45) is 33.4. The highest BCUT2D eigenvalue weighted by atomic mass is 31.2. The first-order chi connectivity index (χ1) is 28.0. The fraction of sp³-hybridized carbons (Fsp3) is 0.756. The number of hydrogen-bond donors (Lipinski definition) is 4. The van der Waals surface area contributed by atoms with E-state index >= 15 is 0 Å². The molecule has 5 N–H and O–H groups in total. The largest absolute Gasteiger partial charge is 0.472 e. The zero-order valence-corrected chi connectivity index (χ0v) is 36.6. The van der Waals surface area contributed by atoms with E-state index in [1.54, 1.807) is 6.08 Å². The highest BCUT2D eigenvalue weighted by Crippen LogP contribution is 2.43. The first kappa shape index (κ1) is 53.6. The summed E-state index contributed by atoms with van der Waals surface area (Å²) < 4.78 is 32.7. The van der Waals surface area contributed by atoms with Crippen molar-refractivity contribution >= 4 is 25.5 Å². The van der Waals surface area contributed by atoms with Gasteiger partial charge in [0.1, 0.15) is 12.4 Å². The van der Waals surface area contributed by atoms with Crippen LogP contribution in [0.5, 0.6) is 0 Å². The van der Waals surface area contributed by atoms with Crippen LogP contribution in [-0.2, 0) is 37.5 Å². The lowest BCUT2D eigenvalue weighted by molar-refractivity contribution is -0.161. The molecule has 1 unspecified atom stereocenters. The molecule has 1 fully saturated rings. The zero-order chi connectivity index (χ0) is 42.7. The topological polar surface area (TPSA) is 192 Å². The van der Waals surface area contributed by atoms with E-state index in [9.17, 15) is 34.1 Å². The van der Waals surface area contributed by atoms with E-state index in [-0.39, 0.29) is 56.6 Å². The Morgan fingerprint density at radius 3 is 2.10 bits per heavy atom. The molecule has 0 spiro atoms. The summed E-state index contributed by atoms with van der Waals surface area (Å²) >= 11 is 0. The van der Waals surface area contributed by atoms with E-state index < -0.39 is 44.7 Å². The minimum absolute atomic E-state index is 0.00925. The highest BCUT2D eigenvalue weighted by molar-refractivity contribution is 7.47. The van der Waals surface area contributed by atoms with Gasteiger partial charge in [0.2, 0.25) is 0 Å². The van der Waals surface area contributed by atoms with Crippen molar-refractivity contribution in [3.8, 4) is 0 Å². The maximum atomic E-state index is 12.6. The van der Waals surface area contributed by atoms with Gasteiger partial charge in [-0.1, -0.05) is 133 Å². The van der Waals surface area contributed by atoms with Crippen molar-refractivity contribution in [2.24, 2.45) is 17.6 Å². The molecule has 334 valence electrons. The predicted molar refractivity (Wildman–Crippen MR) is 230 cm³/mol. The van der Waals surface area contributed by atoms with Gasteiger partial charge >= 0.3 is 19.8 Å². The van der Waals surface area contributed by atoms with Crippen LogP contribution in [0.1, 0.15) is 162 Å². The standard InChI is InChI=1S/C45H78NO11P/c1-3-5-7-8-9-10-11-12-13-14-15-16-17-18-19-20-26-30-45(51)57-39(37-56-58(52,53)55-34-33-46)36-54-44(50)29-25-22-21-24-28-40-41(43(49)35-42(40)48)32-31-38(47)27-23-6-4-2/h12-13,15-16,18-19,31-32,38-41,43,47,49H,3-11,14,17,20-30,33-37,46H2,1-2H3,(H,52,53)/b13-12-,16-15-,19-18-,32-31+/t38-,39+,40+,41+,43+/m0/s1. The Bertz CT molecular complexity index is 1250. The van der Waals surface area contributed by atoms with Crippen molar-refractivity contribution in [3.05, 3.63) is 48.6 Å². The molecule has 0 heterocycles. The Morgan fingerprint density at radius 1 is 0.793 bits per heavy atom. The lowest BCUT2D eigenvalue weighted by atomic mass is 9.88. The van der Waals surface area contributed by atoms with Crippen LogP contribution in [0.25, 0.3) is 0 Å². The number of unbranched alkanes of at least 4 members (excludes halogenated alkanes) is 12. The first-order valence-corrected chi connectivity index (χ1v) is 23.7. The van der Waals surface area contributed by atoms with Crippen LogP contribution in [-0.4, -0.2) is 77.5 Å². The third-order valence-electron chi connectivity index (χ3n) is 10.1. The molecule has 58 heavy (non-hydrogen) atoms. The maximum absolute atomic E-state index is 12.6. The third kappa shape index (κ3) is 28.9. The SMILES string of the molecule is CCCCCCCC/C=C\C/C=C\C/C=C\CCCC(=O)O[C@H](COC(=O)CCCCCC[C@H]1C(=O)C[C@@H](O)[C@@H]1/C=C/[C@@H](O)CCCCC)COP(=O)(O)OCCN. The lowest BCUT2D eigenvalue weighted by Crippen LogP contribution is -2.29. The van der Waals surface area contributed by atoms with Crippen molar-refractivity contribution in [1.29, 1.82) is 0 Å². The van der Waals surface area contributed by atoms with Crippen molar-refractivity contribution in [1.82, 2.24) is 0 Å². The van der Waals surface area contributed by atoms with Crippen LogP contribution < -0.4 is 5.73 Å². The average molecular weight is 840 g/mol. The maximum Gasteiger partial charge on any atom is 0.472 e. The summed E-state index contributed by atoms with van der Waals surface area (Å²) in [5, 5.41) is 20.7. The second kappa shape index (κ2) is 35.3. The summed E-state index contributed by atoms with van der Waals surface area (Å²) in [6, 6.07) is 0. The molecule has 1 aliphatic rings. The number of carbonyl (C=O) groups is 3.